The molecule has 0 aromatic carbocycles. The van der Waals surface area contributed by atoms with Gasteiger partial charge in [-0.1, -0.05) is 0 Å². The Morgan fingerprint density at radius 1 is 1.08 bits per heavy atom. The van der Waals surface area contributed by atoms with Gasteiger partial charge < -0.3 is 9.64 Å². The molecule has 0 aliphatic heterocycles. The smallest absolute Gasteiger partial charge is 0.0518 e. The highest BCUT2D eigenvalue weighted by atomic mass is 16.5. The van der Waals surface area contributed by atoms with Crippen LogP contribution >= 0.6 is 0 Å². The van der Waals surface area contributed by atoms with Crippen LogP contribution in [-0.2, 0) is 4.74 Å². The summed E-state index contributed by atoms with van der Waals surface area (Å²) < 4.78 is 5.52. The molecular weight excluding hydrogens is 162 g/mol. The fourth-order valence-corrected chi connectivity index (χ4v) is 1.19. The molecule has 0 amide bonds. The number of hydrogen-bond donors (Lipinski definition) is 0. The van der Waals surface area contributed by atoms with Crippen LogP contribution in [0, 0.1) is 0 Å². The molecule has 2 nitrogen and oxygen atoms in total. The molecule has 0 spiro atoms. The highest BCUT2D eigenvalue weighted by molar-refractivity contribution is 4.66. The maximum Gasteiger partial charge on any atom is 0.0518 e. The van der Waals surface area contributed by atoms with Gasteiger partial charge >= 0.3 is 0 Å². The molecule has 0 aliphatic carbocycles. The molecular formula is C11H25NO. The lowest BCUT2D eigenvalue weighted by atomic mass is 10.2. The van der Waals surface area contributed by atoms with Gasteiger partial charge in [0.25, 0.3) is 0 Å². The fraction of sp³-hybridized carbons (Fsp3) is 1.00. The van der Waals surface area contributed by atoms with E-state index in [9.17, 15) is 0 Å². The Morgan fingerprint density at radius 3 is 2.00 bits per heavy atom. The van der Waals surface area contributed by atoms with Crippen molar-refractivity contribution >= 4 is 0 Å². The summed E-state index contributed by atoms with van der Waals surface area (Å²) in [4.78, 5) is 2.38. The van der Waals surface area contributed by atoms with Crippen molar-refractivity contribution in [1.82, 2.24) is 4.90 Å². The predicted octanol–water partition coefficient (Wildman–Crippen LogP) is 2.53. The molecule has 2 heteroatoms. The summed E-state index contributed by atoms with van der Waals surface area (Å²) in [5.41, 5.74) is 0. The molecule has 0 fully saturated rings. The SMILES string of the molecule is CC(C)OCCC(C)N(C)C(C)C. The Bertz CT molecular complexity index is 123. The van der Waals surface area contributed by atoms with Crippen LogP contribution in [0.5, 0.6) is 0 Å². The molecule has 1 atom stereocenters. The van der Waals surface area contributed by atoms with Gasteiger partial charge in [-0.3, -0.25) is 0 Å². The Hall–Kier alpha value is -0.0800. The van der Waals surface area contributed by atoms with Gasteiger partial charge in [-0.25, -0.2) is 0 Å². The van der Waals surface area contributed by atoms with E-state index in [2.05, 4.69) is 46.6 Å². The van der Waals surface area contributed by atoms with E-state index in [0.717, 1.165) is 13.0 Å². The van der Waals surface area contributed by atoms with E-state index < -0.39 is 0 Å². The molecule has 0 aromatic rings. The molecule has 0 heterocycles. The van der Waals surface area contributed by atoms with Crippen molar-refractivity contribution in [2.75, 3.05) is 13.7 Å². The Morgan fingerprint density at radius 2 is 1.62 bits per heavy atom. The van der Waals surface area contributed by atoms with Gasteiger partial charge in [0.1, 0.15) is 0 Å². The quantitative estimate of drug-likeness (QED) is 0.633. The predicted molar refractivity (Wildman–Crippen MR) is 58.1 cm³/mol. The maximum absolute atomic E-state index is 5.52. The van der Waals surface area contributed by atoms with Crippen LogP contribution in [0.2, 0.25) is 0 Å². The zero-order valence-corrected chi connectivity index (χ0v) is 10.0. The summed E-state index contributed by atoms with van der Waals surface area (Å²) in [5.74, 6) is 0. The number of nitrogens with zero attached hydrogens (tertiary/aromatic N) is 1. The third kappa shape index (κ3) is 6.05. The van der Waals surface area contributed by atoms with Crippen LogP contribution in [0.15, 0.2) is 0 Å². The van der Waals surface area contributed by atoms with Crippen molar-refractivity contribution in [2.24, 2.45) is 0 Å². The number of rotatable bonds is 6. The Labute approximate surface area is 83.3 Å². The van der Waals surface area contributed by atoms with Crippen LogP contribution < -0.4 is 0 Å². The molecule has 0 saturated heterocycles. The maximum atomic E-state index is 5.52. The second-order valence-electron chi connectivity index (χ2n) is 4.32. The van der Waals surface area contributed by atoms with Crippen molar-refractivity contribution in [3.05, 3.63) is 0 Å². The third-order valence-electron chi connectivity index (χ3n) is 2.50. The molecule has 0 bridgehead atoms. The molecule has 80 valence electrons. The average molecular weight is 187 g/mol. The van der Waals surface area contributed by atoms with E-state index in [1.54, 1.807) is 0 Å². The summed E-state index contributed by atoms with van der Waals surface area (Å²) in [5, 5.41) is 0. The molecule has 0 aliphatic rings. The summed E-state index contributed by atoms with van der Waals surface area (Å²) >= 11 is 0. The zero-order valence-electron chi connectivity index (χ0n) is 10.0. The number of ether oxygens (including phenoxy) is 1. The molecule has 0 rings (SSSR count). The summed E-state index contributed by atoms with van der Waals surface area (Å²) in [6.07, 6.45) is 1.48. The summed E-state index contributed by atoms with van der Waals surface area (Å²) in [6, 6.07) is 1.23. The van der Waals surface area contributed by atoms with Gasteiger partial charge in [-0.15, -0.1) is 0 Å². The molecule has 0 aromatic heterocycles. The second kappa shape index (κ2) is 6.39. The first kappa shape index (κ1) is 12.9. The van der Waals surface area contributed by atoms with Crippen LogP contribution in [-0.4, -0.2) is 36.7 Å². The molecule has 0 radical (unpaired) electrons. The monoisotopic (exact) mass is 187 g/mol. The van der Waals surface area contributed by atoms with Crippen LogP contribution in [0.3, 0.4) is 0 Å². The Balaban J connectivity index is 3.55. The van der Waals surface area contributed by atoms with E-state index in [1.165, 1.54) is 0 Å². The number of hydrogen-bond acceptors (Lipinski definition) is 2. The van der Waals surface area contributed by atoms with Crippen molar-refractivity contribution < 1.29 is 4.74 Å². The van der Waals surface area contributed by atoms with Gasteiger partial charge in [0, 0.05) is 18.7 Å². The van der Waals surface area contributed by atoms with Gasteiger partial charge in [0.2, 0.25) is 0 Å². The van der Waals surface area contributed by atoms with E-state index in [-0.39, 0.29) is 0 Å². The highest BCUT2D eigenvalue weighted by Gasteiger charge is 2.11. The van der Waals surface area contributed by atoms with Gasteiger partial charge in [-0.2, -0.15) is 0 Å². The second-order valence-corrected chi connectivity index (χ2v) is 4.32. The van der Waals surface area contributed by atoms with Crippen LogP contribution in [0.25, 0.3) is 0 Å². The lowest BCUT2D eigenvalue weighted by Crippen LogP contribution is -2.35. The molecule has 0 N–H and O–H groups in total. The minimum absolute atomic E-state index is 0.358. The van der Waals surface area contributed by atoms with Crippen molar-refractivity contribution in [1.29, 1.82) is 0 Å². The first-order valence-corrected chi connectivity index (χ1v) is 5.28. The highest BCUT2D eigenvalue weighted by Crippen LogP contribution is 2.06. The lowest BCUT2D eigenvalue weighted by Gasteiger charge is -2.28. The van der Waals surface area contributed by atoms with E-state index in [1.807, 2.05) is 0 Å². The van der Waals surface area contributed by atoms with Gasteiger partial charge in [-0.05, 0) is 48.1 Å². The average Bonchev–Trinajstić information content (AvgIpc) is 2.02. The third-order valence-corrected chi connectivity index (χ3v) is 2.50. The van der Waals surface area contributed by atoms with Crippen LogP contribution in [0.1, 0.15) is 41.0 Å². The lowest BCUT2D eigenvalue weighted by molar-refractivity contribution is 0.0590. The van der Waals surface area contributed by atoms with Crippen LogP contribution in [0.4, 0.5) is 0 Å². The normalized spacial score (nSPS) is 14.5. The topological polar surface area (TPSA) is 12.5 Å². The van der Waals surface area contributed by atoms with Crippen molar-refractivity contribution in [2.45, 2.75) is 59.2 Å². The minimum atomic E-state index is 0.358. The van der Waals surface area contributed by atoms with E-state index in [0.29, 0.717) is 18.2 Å². The van der Waals surface area contributed by atoms with Gasteiger partial charge in [0.05, 0.1) is 6.10 Å². The van der Waals surface area contributed by atoms with Crippen molar-refractivity contribution in [3.8, 4) is 0 Å². The Kier molecular flexibility index (Phi) is 6.35. The first-order chi connectivity index (χ1) is 5.95. The summed E-state index contributed by atoms with van der Waals surface area (Å²) in [7, 11) is 2.17. The van der Waals surface area contributed by atoms with E-state index >= 15 is 0 Å². The largest absolute Gasteiger partial charge is 0.379 e. The first-order valence-electron chi connectivity index (χ1n) is 5.28. The van der Waals surface area contributed by atoms with Gasteiger partial charge in [0.15, 0.2) is 0 Å². The fourth-order valence-electron chi connectivity index (χ4n) is 1.19. The minimum Gasteiger partial charge on any atom is -0.379 e. The summed E-state index contributed by atoms with van der Waals surface area (Å²) in [6.45, 7) is 11.7. The molecule has 13 heavy (non-hydrogen) atoms. The standard InChI is InChI=1S/C11H25NO/c1-9(2)12(6)11(5)7-8-13-10(3)4/h9-11H,7-8H2,1-6H3. The molecule has 1 unspecified atom stereocenters. The van der Waals surface area contributed by atoms with E-state index in [4.69, 9.17) is 4.74 Å². The molecule has 0 saturated carbocycles. The zero-order chi connectivity index (χ0) is 10.4. The van der Waals surface area contributed by atoms with Crippen molar-refractivity contribution in [3.63, 3.8) is 0 Å².